The van der Waals surface area contributed by atoms with Crippen LogP contribution in [0.3, 0.4) is 0 Å². The Hall–Kier alpha value is -1.89. The van der Waals surface area contributed by atoms with E-state index in [2.05, 4.69) is 10.3 Å². The number of rotatable bonds is 3. The van der Waals surface area contributed by atoms with Gasteiger partial charge >= 0.3 is 0 Å². The molecule has 0 aliphatic carbocycles. The van der Waals surface area contributed by atoms with Crippen molar-refractivity contribution in [3.05, 3.63) is 35.0 Å². The van der Waals surface area contributed by atoms with Crippen LogP contribution in [0.1, 0.15) is 16.8 Å². The van der Waals surface area contributed by atoms with E-state index in [0.29, 0.717) is 0 Å². The molecule has 1 aromatic heterocycles. The number of carbonyl (C=O) groups is 1. The highest BCUT2D eigenvalue weighted by Gasteiger charge is 2.32. The molecule has 23 heavy (non-hydrogen) atoms. The van der Waals surface area contributed by atoms with Crippen molar-refractivity contribution in [3.63, 3.8) is 0 Å². The van der Waals surface area contributed by atoms with E-state index in [9.17, 15) is 15.0 Å². The molecular weight excluding hydrogens is 296 g/mol. The van der Waals surface area contributed by atoms with Crippen LogP contribution in [0.4, 0.5) is 0 Å². The van der Waals surface area contributed by atoms with Gasteiger partial charge in [0.2, 0.25) is 5.91 Å². The number of carbonyl (C=O) groups excluding carboxylic acids is 1. The van der Waals surface area contributed by atoms with Crippen molar-refractivity contribution in [2.45, 2.75) is 38.5 Å². The monoisotopic (exact) mass is 318 g/mol. The molecule has 124 valence electrons. The lowest BCUT2D eigenvalue weighted by Gasteiger charge is -2.32. The minimum Gasteiger partial charge on any atom is -0.388 e. The molecule has 0 bridgehead atoms. The molecule has 6 nitrogen and oxygen atoms in total. The number of fused-ring (bicyclic) bond motifs is 1. The van der Waals surface area contributed by atoms with Crippen molar-refractivity contribution >= 4 is 16.8 Å². The first kappa shape index (κ1) is 16.0. The largest absolute Gasteiger partial charge is 0.388 e. The Labute approximate surface area is 134 Å². The maximum atomic E-state index is 12.3. The predicted octanol–water partition coefficient (Wildman–Crippen LogP) is 0.564. The summed E-state index contributed by atoms with van der Waals surface area (Å²) in [6.45, 7) is 4.27. The molecule has 6 heteroatoms. The summed E-state index contributed by atoms with van der Waals surface area (Å²) in [6.07, 6.45) is -1.75. The Morgan fingerprint density at radius 1 is 1.35 bits per heavy atom. The molecule has 1 saturated heterocycles. The van der Waals surface area contributed by atoms with Gasteiger partial charge in [-0.1, -0.05) is 18.2 Å². The van der Waals surface area contributed by atoms with Crippen molar-refractivity contribution in [1.82, 2.24) is 10.3 Å². The zero-order chi connectivity index (χ0) is 16.6. The third-order valence-corrected chi connectivity index (χ3v) is 4.44. The second kappa shape index (κ2) is 6.31. The molecule has 1 amide bonds. The van der Waals surface area contributed by atoms with E-state index >= 15 is 0 Å². The predicted molar refractivity (Wildman–Crippen MR) is 86.2 cm³/mol. The molecule has 1 aliphatic rings. The number of benzene rings is 1. The molecule has 0 saturated carbocycles. The maximum absolute atomic E-state index is 12.3. The van der Waals surface area contributed by atoms with Gasteiger partial charge in [-0.2, -0.15) is 0 Å². The lowest BCUT2D eigenvalue weighted by molar-refractivity contribution is -0.131. The van der Waals surface area contributed by atoms with Gasteiger partial charge in [-0.15, -0.1) is 0 Å². The lowest BCUT2D eigenvalue weighted by Crippen LogP contribution is -2.56. The summed E-state index contributed by atoms with van der Waals surface area (Å²) in [5, 5.41) is 23.3. The third-order valence-electron chi connectivity index (χ3n) is 4.44. The SMILES string of the molecule is Cc1[nH]c2c(C)cccc2c1CC(=O)N[C@@H]1COC[C@@H](O)[C@H]1O. The summed E-state index contributed by atoms with van der Waals surface area (Å²) < 4.78 is 5.18. The number of aromatic amines is 1. The van der Waals surface area contributed by atoms with Gasteiger partial charge in [-0.3, -0.25) is 4.79 Å². The Morgan fingerprint density at radius 2 is 2.13 bits per heavy atom. The van der Waals surface area contributed by atoms with Gasteiger partial charge in [0.1, 0.15) is 12.2 Å². The molecule has 1 aliphatic heterocycles. The highest BCUT2D eigenvalue weighted by Crippen LogP contribution is 2.25. The second-order valence-corrected chi connectivity index (χ2v) is 6.17. The van der Waals surface area contributed by atoms with Gasteiger partial charge in [-0.25, -0.2) is 0 Å². The van der Waals surface area contributed by atoms with Crippen LogP contribution in [0.2, 0.25) is 0 Å². The van der Waals surface area contributed by atoms with Crippen LogP contribution in [0.5, 0.6) is 0 Å². The first-order valence-corrected chi connectivity index (χ1v) is 7.77. The Kier molecular flexibility index (Phi) is 4.39. The first-order chi connectivity index (χ1) is 11.0. The number of aromatic nitrogens is 1. The zero-order valence-corrected chi connectivity index (χ0v) is 13.3. The Bertz CT molecular complexity index is 725. The number of aliphatic hydroxyl groups excluding tert-OH is 2. The summed E-state index contributed by atoms with van der Waals surface area (Å²) in [6, 6.07) is 5.41. The fourth-order valence-corrected chi connectivity index (χ4v) is 3.10. The molecule has 0 spiro atoms. The van der Waals surface area contributed by atoms with E-state index < -0.39 is 18.2 Å². The molecule has 3 atom stereocenters. The number of amides is 1. The standard InChI is InChI=1S/C17H22N2O4/c1-9-4-3-5-11-12(10(2)18-16(9)11)6-15(21)19-13-7-23-8-14(20)17(13)22/h3-5,13-14,17-18,20,22H,6-8H2,1-2H3,(H,19,21)/t13-,14-,17+/m1/s1. The normalized spacial score (nSPS) is 24.8. The molecule has 2 aromatic rings. The van der Waals surface area contributed by atoms with Gasteiger partial charge in [0.25, 0.3) is 0 Å². The highest BCUT2D eigenvalue weighted by atomic mass is 16.5. The number of hydrogen-bond acceptors (Lipinski definition) is 4. The number of ether oxygens (including phenoxy) is 1. The summed E-state index contributed by atoms with van der Waals surface area (Å²) >= 11 is 0. The van der Waals surface area contributed by atoms with E-state index in [1.54, 1.807) is 0 Å². The zero-order valence-electron chi connectivity index (χ0n) is 13.3. The summed E-state index contributed by atoms with van der Waals surface area (Å²) in [7, 11) is 0. The quantitative estimate of drug-likeness (QED) is 0.665. The fraction of sp³-hybridized carbons (Fsp3) is 0.471. The molecule has 4 N–H and O–H groups in total. The van der Waals surface area contributed by atoms with Crippen molar-refractivity contribution < 1.29 is 19.7 Å². The van der Waals surface area contributed by atoms with Crippen LogP contribution < -0.4 is 5.32 Å². The molecule has 1 aromatic carbocycles. The van der Waals surface area contributed by atoms with E-state index in [1.165, 1.54) is 0 Å². The number of hydrogen-bond donors (Lipinski definition) is 4. The topological polar surface area (TPSA) is 94.6 Å². The van der Waals surface area contributed by atoms with Crippen LogP contribution in [0, 0.1) is 13.8 Å². The average molecular weight is 318 g/mol. The number of para-hydroxylation sites is 1. The first-order valence-electron chi connectivity index (χ1n) is 7.77. The molecule has 3 rings (SSSR count). The molecule has 0 unspecified atom stereocenters. The molecule has 2 heterocycles. The Morgan fingerprint density at radius 3 is 2.91 bits per heavy atom. The van der Waals surface area contributed by atoms with Crippen LogP contribution in [0.15, 0.2) is 18.2 Å². The average Bonchev–Trinajstić information content (AvgIpc) is 2.82. The third kappa shape index (κ3) is 3.10. The molecule has 1 fully saturated rings. The van der Waals surface area contributed by atoms with E-state index in [0.717, 1.165) is 27.7 Å². The van der Waals surface area contributed by atoms with Crippen molar-refractivity contribution in [3.8, 4) is 0 Å². The van der Waals surface area contributed by atoms with Crippen LogP contribution in [-0.4, -0.2) is 52.6 Å². The number of H-pyrrole nitrogens is 1. The maximum Gasteiger partial charge on any atom is 0.224 e. The van der Waals surface area contributed by atoms with E-state index in [-0.39, 0.29) is 25.5 Å². The summed E-state index contributed by atoms with van der Waals surface area (Å²) in [5.41, 5.74) is 4.10. The van der Waals surface area contributed by atoms with Gasteiger partial charge in [0.15, 0.2) is 0 Å². The number of nitrogens with one attached hydrogen (secondary N) is 2. The lowest BCUT2D eigenvalue weighted by atomic mass is 10.0. The molecule has 0 radical (unpaired) electrons. The number of aryl methyl sites for hydroxylation is 2. The minimum atomic E-state index is -1.00. The molecular formula is C17H22N2O4. The van der Waals surface area contributed by atoms with Gasteiger partial charge in [-0.05, 0) is 25.0 Å². The van der Waals surface area contributed by atoms with Crippen molar-refractivity contribution in [1.29, 1.82) is 0 Å². The summed E-state index contributed by atoms with van der Waals surface area (Å²) in [4.78, 5) is 15.7. The van der Waals surface area contributed by atoms with Crippen molar-refractivity contribution in [2.24, 2.45) is 0 Å². The van der Waals surface area contributed by atoms with Crippen LogP contribution in [-0.2, 0) is 16.0 Å². The second-order valence-electron chi connectivity index (χ2n) is 6.17. The number of aliphatic hydroxyl groups is 2. The fourth-order valence-electron chi connectivity index (χ4n) is 3.10. The van der Waals surface area contributed by atoms with E-state index in [1.807, 2.05) is 32.0 Å². The van der Waals surface area contributed by atoms with Gasteiger partial charge in [0.05, 0.1) is 25.7 Å². The highest BCUT2D eigenvalue weighted by molar-refractivity contribution is 5.91. The van der Waals surface area contributed by atoms with Gasteiger partial charge < -0.3 is 25.3 Å². The van der Waals surface area contributed by atoms with Crippen molar-refractivity contribution in [2.75, 3.05) is 13.2 Å². The smallest absolute Gasteiger partial charge is 0.224 e. The van der Waals surface area contributed by atoms with Crippen LogP contribution in [0.25, 0.3) is 10.9 Å². The van der Waals surface area contributed by atoms with E-state index in [4.69, 9.17) is 4.74 Å². The summed E-state index contributed by atoms with van der Waals surface area (Å²) in [5.74, 6) is -0.197. The van der Waals surface area contributed by atoms with Crippen LogP contribution >= 0.6 is 0 Å². The van der Waals surface area contributed by atoms with Gasteiger partial charge in [0, 0.05) is 16.6 Å². The Balaban J connectivity index is 1.76. The minimum absolute atomic E-state index is 0.0916.